The van der Waals surface area contributed by atoms with E-state index in [1.165, 1.54) is 16.9 Å². The molecule has 0 saturated carbocycles. The van der Waals surface area contributed by atoms with Crippen molar-refractivity contribution in [2.45, 2.75) is 33.7 Å². The summed E-state index contributed by atoms with van der Waals surface area (Å²) >= 11 is 10.7. The van der Waals surface area contributed by atoms with Crippen molar-refractivity contribution in [2.75, 3.05) is 17.2 Å². The molecular weight excluding hydrogens is 556 g/mol. The molecule has 0 aliphatic rings. The van der Waals surface area contributed by atoms with E-state index in [0.29, 0.717) is 28.8 Å². The third-order valence-corrected chi connectivity index (χ3v) is 7.94. The highest BCUT2D eigenvalue weighted by Crippen LogP contribution is 2.31. The van der Waals surface area contributed by atoms with Gasteiger partial charge in [-0.1, -0.05) is 42.5 Å². The zero-order chi connectivity index (χ0) is 25.7. The highest BCUT2D eigenvalue weighted by atomic mass is 79.9. The first-order valence-corrected chi connectivity index (χ1v) is 13.6. The Labute approximate surface area is 228 Å². The monoisotopic (exact) mass is 582 g/mol. The lowest BCUT2D eigenvalue weighted by Gasteiger charge is -2.12. The fourth-order valence-electron chi connectivity index (χ4n) is 3.79. The van der Waals surface area contributed by atoms with Crippen molar-refractivity contribution in [1.82, 2.24) is 9.78 Å². The van der Waals surface area contributed by atoms with E-state index in [1.54, 1.807) is 6.92 Å². The van der Waals surface area contributed by atoms with Gasteiger partial charge >= 0.3 is 5.97 Å². The van der Waals surface area contributed by atoms with Crippen molar-refractivity contribution < 1.29 is 9.53 Å². The van der Waals surface area contributed by atoms with E-state index in [1.807, 2.05) is 61.0 Å². The van der Waals surface area contributed by atoms with Crippen LogP contribution in [0.2, 0.25) is 0 Å². The molecule has 2 aromatic carbocycles. The predicted octanol–water partition coefficient (Wildman–Crippen LogP) is 6.95. The second-order valence-corrected chi connectivity index (χ2v) is 10.6. The van der Waals surface area contributed by atoms with Gasteiger partial charge in [0.2, 0.25) is 0 Å². The van der Waals surface area contributed by atoms with E-state index in [2.05, 4.69) is 49.9 Å². The van der Waals surface area contributed by atoms with Crippen molar-refractivity contribution in [2.24, 2.45) is 0 Å². The number of aromatic nitrogens is 2. The summed E-state index contributed by atoms with van der Waals surface area (Å²) in [6, 6.07) is 20.1. The Morgan fingerprint density at radius 1 is 1.08 bits per heavy atom. The lowest BCUT2D eigenvalue weighted by atomic mass is 10.1. The third-order valence-electron chi connectivity index (χ3n) is 5.54. The molecule has 4 rings (SSSR count). The van der Waals surface area contributed by atoms with E-state index in [9.17, 15) is 4.79 Å². The predicted molar refractivity (Wildman–Crippen MR) is 154 cm³/mol. The number of benzene rings is 2. The van der Waals surface area contributed by atoms with Gasteiger partial charge in [0.15, 0.2) is 5.11 Å². The van der Waals surface area contributed by atoms with Gasteiger partial charge in [0, 0.05) is 17.0 Å². The zero-order valence-corrected chi connectivity index (χ0v) is 23.5. The molecule has 0 atom stereocenters. The van der Waals surface area contributed by atoms with Crippen molar-refractivity contribution in [3.8, 4) is 0 Å². The van der Waals surface area contributed by atoms with Crippen molar-refractivity contribution in [1.29, 1.82) is 0 Å². The zero-order valence-electron chi connectivity index (χ0n) is 20.3. The van der Waals surface area contributed by atoms with Gasteiger partial charge in [0.05, 0.1) is 34.6 Å². The van der Waals surface area contributed by atoms with E-state index in [-0.39, 0.29) is 5.97 Å². The number of carbonyl (C=O) groups is 1. The molecule has 0 aliphatic carbocycles. The van der Waals surface area contributed by atoms with Gasteiger partial charge in [-0.15, -0.1) is 11.3 Å². The van der Waals surface area contributed by atoms with Gasteiger partial charge in [-0.3, -0.25) is 4.68 Å². The number of hydrogen-bond donors (Lipinski definition) is 2. The van der Waals surface area contributed by atoms with Crippen LogP contribution in [0, 0.1) is 13.8 Å². The second-order valence-electron chi connectivity index (χ2n) is 8.26. The standard InChI is InChI=1S/C27H27BrN4O2S2/c1-4-34-26(33)23-15-22(14-19-9-6-5-7-10-19)36-25(23)30-27(35)29-21-12-8-11-20(13-21)16-32-18(3)24(28)17(2)31-32/h5-13,15H,4,14,16H2,1-3H3,(H2,29,30,35). The molecule has 0 saturated heterocycles. The minimum Gasteiger partial charge on any atom is -0.462 e. The quantitative estimate of drug-likeness (QED) is 0.173. The summed E-state index contributed by atoms with van der Waals surface area (Å²) in [6.45, 7) is 6.78. The van der Waals surface area contributed by atoms with Gasteiger partial charge in [0.25, 0.3) is 0 Å². The number of thiophene rings is 1. The maximum Gasteiger partial charge on any atom is 0.341 e. The Morgan fingerprint density at radius 2 is 1.83 bits per heavy atom. The van der Waals surface area contributed by atoms with Crippen molar-refractivity contribution >= 4 is 61.3 Å². The van der Waals surface area contributed by atoms with Crippen molar-refractivity contribution in [3.05, 3.63) is 98.1 Å². The molecule has 0 amide bonds. The molecule has 186 valence electrons. The maximum absolute atomic E-state index is 12.6. The van der Waals surface area contributed by atoms with Gasteiger partial charge < -0.3 is 15.4 Å². The molecule has 9 heteroatoms. The number of nitrogens with one attached hydrogen (secondary N) is 2. The molecule has 0 spiro atoms. The number of thiocarbonyl (C=S) groups is 1. The van der Waals surface area contributed by atoms with Crippen LogP contribution in [0.25, 0.3) is 0 Å². The molecule has 0 bridgehead atoms. The Hall–Kier alpha value is -3.01. The van der Waals surface area contributed by atoms with E-state index in [0.717, 1.165) is 38.4 Å². The minimum absolute atomic E-state index is 0.309. The largest absolute Gasteiger partial charge is 0.462 e. The molecule has 2 aromatic heterocycles. The molecule has 0 radical (unpaired) electrons. The number of aryl methyl sites for hydroxylation is 1. The molecule has 0 fully saturated rings. The summed E-state index contributed by atoms with van der Waals surface area (Å²) in [5.41, 5.74) is 5.65. The Bertz CT molecular complexity index is 1380. The molecule has 2 N–H and O–H groups in total. The van der Waals surface area contributed by atoms with Crippen LogP contribution in [0.3, 0.4) is 0 Å². The lowest BCUT2D eigenvalue weighted by molar-refractivity contribution is 0.0528. The number of nitrogens with zero attached hydrogens (tertiary/aromatic N) is 2. The molecule has 0 unspecified atom stereocenters. The summed E-state index contributed by atoms with van der Waals surface area (Å²) in [4.78, 5) is 13.7. The van der Waals surface area contributed by atoms with Crippen LogP contribution in [0.4, 0.5) is 10.7 Å². The SMILES string of the molecule is CCOC(=O)c1cc(Cc2ccccc2)sc1NC(=S)Nc1cccc(Cn2nc(C)c(Br)c2C)c1. The number of esters is 1. The Kier molecular flexibility index (Phi) is 8.56. The maximum atomic E-state index is 12.6. The average Bonchev–Trinajstić information content (AvgIpc) is 3.35. The number of ether oxygens (including phenoxy) is 1. The van der Waals surface area contributed by atoms with Crippen LogP contribution >= 0.6 is 39.5 Å². The topological polar surface area (TPSA) is 68.2 Å². The highest BCUT2D eigenvalue weighted by Gasteiger charge is 2.19. The molecule has 2 heterocycles. The number of anilines is 2. The number of hydrogen-bond acceptors (Lipinski definition) is 5. The van der Waals surface area contributed by atoms with Crippen LogP contribution in [0.5, 0.6) is 0 Å². The number of rotatable bonds is 8. The summed E-state index contributed by atoms with van der Waals surface area (Å²) in [6.07, 6.45) is 0.726. The second kappa shape index (κ2) is 11.8. The summed E-state index contributed by atoms with van der Waals surface area (Å²) < 4.78 is 8.28. The van der Waals surface area contributed by atoms with E-state index in [4.69, 9.17) is 17.0 Å². The Morgan fingerprint density at radius 3 is 2.53 bits per heavy atom. The van der Waals surface area contributed by atoms with Crippen LogP contribution in [0.1, 0.15) is 44.7 Å². The van der Waals surface area contributed by atoms with Gasteiger partial charge in [-0.25, -0.2) is 4.79 Å². The summed E-state index contributed by atoms with van der Waals surface area (Å²) in [7, 11) is 0. The van der Waals surface area contributed by atoms with Crippen molar-refractivity contribution in [3.63, 3.8) is 0 Å². The molecule has 6 nitrogen and oxygen atoms in total. The number of carbonyl (C=O) groups excluding carboxylic acids is 1. The summed E-state index contributed by atoms with van der Waals surface area (Å²) in [5, 5.41) is 12.1. The fraction of sp³-hybridized carbons (Fsp3) is 0.222. The molecule has 36 heavy (non-hydrogen) atoms. The van der Waals surface area contributed by atoms with Gasteiger partial charge in [-0.2, -0.15) is 5.10 Å². The van der Waals surface area contributed by atoms with Gasteiger partial charge in [-0.05, 0) is 78.2 Å². The van der Waals surface area contributed by atoms with Crippen LogP contribution in [-0.4, -0.2) is 27.5 Å². The first-order chi connectivity index (χ1) is 17.3. The first-order valence-electron chi connectivity index (χ1n) is 11.5. The van der Waals surface area contributed by atoms with Crippen LogP contribution in [-0.2, 0) is 17.7 Å². The van der Waals surface area contributed by atoms with Crippen LogP contribution in [0.15, 0.2) is 65.1 Å². The number of halogens is 1. The van der Waals surface area contributed by atoms with Gasteiger partial charge in [0.1, 0.15) is 5.00 Å². The third kappa shape index (κ3) is 6.40. The van der Waals surface area contributed by atoms with E-state index >= 15 is 0 Å². The normalized spacial score (nSPS) is 10.8. The smallest absolute Gasteiger partial charge is 0.341 e. The minimum atomic E-state index is -0.364. The molecular formula is C27H27BrN4O2S2. The lowest BCUT2D eigenvalue weighted by Crippen LogP contribution is -2.20. The molecule has 0 aliphatic heterocycles. The fourth-order valence-corrected chi connectivity index (χ4v) is 5.45. The molecule has 4 aromatic rings. The van der Waals surface area contributed by atoms with Crippen LogP contribution < -0.4 is 10.6 Å². The van der Waals surface area contributed by atoms with E-state index < -0.39 is 0 Å². The Balaban J connectivity index is 1.48. The highest BCUT2D eigenvalue weighted by molar-refractivity contribution is 9.10. The first kappa shape index (κ1) is 26.1. The summed E-state index contributed by atoms with van der Waals surface area (Å²) in [5.74, 6) is -0.364. The average molecular weight is 584 g/mol.